The molecule has 1 aromatic rings. The first-order chi connectivity index (χ1) is 7.65. The van der Waals surface area contributed by atoms with Crippen LogP contribution < -0.4 is 5.32 Å². The molecule has 2 heterocycles. The summed E-state index contributed by atoms with van der Waals surface area (Å²) in [5.74, 6) is -0.287. The van der Waals surface area contributed by atoms with Gasteiger partial charge in [-0.15, -0.1) is 0 Å². The number of aromatic carboxylic acids is 1. The topological polar surface area (TPSA) is 65.7 Å². The van der Waals surface area contributed by atoms with E-state index in [4.69, 9.17) is 9.52 Å². The van der Waals surface area contributed by atoms with Crippen LogP contribution in [-0.4, -0.2) is 41.7 Å². The van der Waals surface area contributed by atoms with Crippen LogP contribution in [-0.2, 0) is 6.54 Å². The highest BCUT2D eigenvalue weighted by Gasteiger charge is 2.17. The number of carboxylic acids is 1. The molecule has 5 heteroatoms. The third-order valence-electron chi connectivity index (χ3n) is 2.70. The summed E-state index contributed by atoms with van der Waals surface area (Å²) in [6.45, 7) is 5.71. The summed E-state index contributed by atoms with van der Waals surface area (Å²) < 4.78 is 5.22. The fraction of sp³-hybridized carbons (Fsp3) is 0.545. The zero-order valence-corrected chi connectivity index (χ0v) is 9.27. The number of piperazine rings is 1. The first-order valence-corrected chi connectivity index (χ1v) is 5.43. The Labute approximate surface area is 94.0 Å². The lowest BCUT2D eigenvalue weighted by Gasteiger charge is -2.30. The summed E-state index contributed by atoms with van der Waals surface area (Å²) in [4.78, 5) is 12.9. The molecule has 5 nitrogen and oxygen atoms in total. The second kappa shape index (κ2) is 4.67. The van der Waals surface area contributed by atoms with Crippen LogP contribution in [0, 0.1) is 0 Å². The maximum absolute atomic E-state index is 10.6. The largest absolute Gasteiger partial charge is 0.475 e. The molecule has 2 rings (SSSR count). The number of hydrogen-bond donors (Lipinski definition) is 2. The van der Waals surface area contributed by atoms with Gasteiger partial charge in [0.2, 0.25) is 5.76 Å². The fourth-order valence-corrected chi connectivity index (χ4v) is 1.95. The van der Waals surface area contributed by atoms with Crippen molar-refractivity contribution in [2.45, 2.75) is 19.5 Å². The minimum Gasteiger partial charge on any atom is -0.475 e. The summed E-state index contributed by atoms with van der Waals surface area (Å²) in [7, 11) is 0. The SMILES string of the molecule is C[C@H]1CN(Cc2ccc(C(=O)O)o2)CCN1. The Bertz CT molecular complexity index is 375. The van der Waals surface area contributed by atoms with Gasteiger partial charge in [0, 0.05) is 25.7 Å². The van der Waals surface area contributed by atoms with Crippen molar-refractivity contribution in [3.63, 3.8) is 0 Å². The van der Waals surface area contributed by atoms with E-state index in [9.17, 15) is 4.79 Å². The van der Waals surface area contributed by atoms with Crippen molar-refractivity contribution in [2.24, 2.45) is 0 Å². The van der Waals surface area contributed by atoms with Crippen molar-refractivity contribution in [1.29, 1.82) is 0 Å². The molecule has 1 aliphatic rings. The Morgan fingerprint density at radius 3 is 3.12 bits per heavy atom. The van der Waals surface area contributed by atoms with E-state index in [0.717, 1.165) is 19.6 Å². The molecule has 2 N–H and O–H groups in total. The van der Waals surface area contributed by atoms with E-state index >= 15 is 0 Å². The van der Waals surface area contributed by atoms with Gasteiger partial charge in [-0.3, -0.25) is 4.90 Å². The number of carbonyl (C=O) groups is 1. The van der Waals surface area contributed by atoms with Crippen LogP contribution in [0.25, 0.3) is 0 Å². The number of hydrogen-bond acceptors (Lipinski definition) is 4. The van der Waals surface area contributed by atoms with Gasteiger partial charge < -0.3 is 14.8 Å². The Hall–Kier alpha value is -1.33. The Morgan fingerprint density at radius 2 is 2.50 bits per heavy atom. The van der Waals surface area contributed by atoms with E-state index in [2.05, 4.69) is 17.1 Å². The maximum Gasteiger partial charge on any atom is 0.371 e. The van der Waals surface area contributed by atoms with Crippen LogP contribution in [0.15, 0.2) is 16.5 Å². The van der Waals surface area contributed by atoms with Gasteiger partial charge in [0.05, 0.1) is 6.54 Å². The van der Waals surface area contributed by atoms with E-state index in [0.29, 0.717) is 18.3 Å². The molecule has 16 heavy (non-hydrogen) atoms. The highest BCUT2D eigenvalue weighted by Crippen LogP contribution is 2.11. The zero-order chi connectivity index (χ0) is 11.5. The molecule has 0 unspecified atom stereocenters. The van der Waals surface area contributed by atoms with E-state index in [-0.39, 0.29) is 5.76 Å². The molecule has 0 amide bonds. The molecule has 0 aromatic carbocycles. The molecule has 1 saturated heterocycles. The molecule has 0 radical (unpaired) electrons. The zero-order valence-electron chi connectivity index (χ0n) is 9.27. The van der Waals surface area contributed by atoms with Gasteiger partial charge in [0.25, 0.3) is 0 Å². The van der Waals surface area contributed by atoms with Gasteiger partial charge in [0.15, 0.2) is 0 Å². The summed E-state index contributed by atoms with van der Waals surface area (Å²) in [6, 6.07) is 3.71. The van der Waals surface area contributed by atoms with Gasteiger partial charge in [-0.05, 0) is 19.1 Å². The quantitative estimate of drug-likeness (QED) is 0.794. The lowest BCUT2D eigenvalue weighted by molar-refractivity contribution is 0.0657. The van der Waals surface area contributed by atoms with Crippen LogP contribution in [0.5, 0.6) is 0 Å². The lowest BCUT2D eigenvalue weighted by atomic mass is 10.2. The monoisotopic (exact) mass is 224 g/mol. The third-order valence-corrected chi connectivity index (χ3v) is 2.70. The predicted octanol–water partition coefficient (Wildman–Crippen LogP) is 0.772. The number of nitrogens with zero attached hydrogens (tertiary/aromatic N) is 1. The Morgan fingerprint density at radius 1 is 1.69 bits per heavy atom. The molecule has 88 valence electrons. The average molecular weight is 224 g/mol. The minimum atomic E-state index is -1.01. The first-order valence-electron chi connectivity index (χ1n) is 5.43. The lowest BCUT2D eigenvalue weighted by Crippen LogP contribution is -2.48. The van der Waals surface area contributed by atoms with Crippen molar-refractivity contribution >= 4 is 5.97 Å². The molecule has 0 bridgehead atoms. The molecule has 1 aromatic heterocycles. The summed E-state index contributed by atoms with van der Waals surface area (Å²) in [5, 5.41) is 12.1. The Balaban J connectivity index is 1.95. The Kier molecular flexibility index (Phi) is 3.26. The van der Waals surface area contributed by atoms with Crippen molar-refractivity contribution in [3.05, 3.63) is 23.7 Å². The normalized spacial score (nSPS) is 22.2. The van der Waals surface area contributed by atoms with Gasteiger partial charge in [-0.1, -0.05) is 0 Å². The molecule has 0 spiro atoms. The summed E-state index contributed by atoms with van der Waals surface area (Å²) >= 11 is 0. The van der Waals surface area contributed by atoms with Gasteiger partial charge in [0.1, 0.15) is 5.76 Å². The number of nitrogens with one attached hydrogen (secondary N) is 1. The second-order valence-corrected chi connectivity index (χ2v) is 4.16. The number of furan rings is 1. The second-order valence-electron chi connectivity index (χ2n) is 4.16. The highest BCUT2D eigenvalue weighted by molar-refractivity contribution is 5.84. The van der Waals surface area contributed by atoms with Crippen molar-refractivity contribution < 1.29 is 14.3 Å². The number of rotatable bonds is 3. The maximum atomic E-state index is 10.6. The van der Waals surface area contributed by atoms with Gasteiger partial charge >= 0.3 is 5.97 Å². The fourth-order valence-electron chi connectivity index (χ4n) is 1.95. The highest BCUT2D eigenvalue weighted by atomic mass is 16.4. The van der Waals surface area contributed by atoms with Crippen LogP contribution >= 0.6 is 0 Å². The van der Waals surface area contributed by atoms with E-state index in [1.165, 1.54) is 6.07 Å². The van der Waals surface area contributed by atoms with Crippen LogP contribution in [0.4, 0.5) is 0 Å². The smallest absolute Gasteiger partial charge is 0.371 e. The number of carboxylic acid groups (broad SMARTS) is 1. The first kappa shape index (κ1) is 11.2. The summed E-state index contributed by atoms with van der Waals surface area (Å²) in [5.41, 5.74) is 0. The standard InChI is InChI=1S/C11H16N2O3/c1-8-6-13(5-4-12-8)7-9-2-3-10(16-9)11(14)15/h2-3,8,12H,4-7H2,1H3,(H,14,15)/t8-/m0/s1. The van der Waals surface area contributed by atoms with Crippen molar-refractivity contribution in [1.82, 2.24) is 10.2 Å². The molecular weight excluding hydrogens is 208 g/mol. The average Bonchev–Trinajstić information content (AvgIpc) is 2.66. The van der Waals surface area contributed by atoms with Crippen molar-refractivity contribution in [3.8, 4) is 0 Å². The van der Waals surface area contributed by atoms with Gasteiger partial charge in [-0.2, -0.15) is 0 Å². The van der Waals surface area contributed by atoms with Crippen LogP contribution in [0.2, 0.25) is 0 Å². The van der Waals surface area contributed by atoms with E-state index in [1.54, 1.807) is 6.07 Å². The van der Waals surface area contributed by atoms with Crippen LogP contribution in [0.3, 0.4) is 0 Å². The summed E-state index contributed by atoms with van der Waals surface area (Å²) in [6.07, 6.45) is 0. The van der Waals surface area contributed by atoms with Crippen LogP contribution in [0.1, 0.15) is 23.2 Å². The molecule has 0 saturated carbocycles. The minimum absolute atomic E-state index is 0.0122. The van der Waals surface area contributed by atoms with E-state index < -0.39 is 5.97 Å². The third kappa shape index (κ3) is 2.62. The molecule has 1 atom stereocenters. The molecule has 1 aliphatic heterocycles. The van der Waals surface area contributed by atoms with Gasteiger partial charge in [-0.25, -0.2) is 4.79 Å². The van der Waals surface area contributed by atoms with E-state index in [1.807, 2.05) is 0 Å². The van der Waals surface area contributed by atoms with Crippen molar-refractivity contribution in [2.75, 3.05) is 19.6 Å². The molecule has 1 fully saturated rings. The molecular formula is C11H16N2O3. The molecule has 0 aliphatic carbocycles. The predicted molar refractivity (Wildman–Crippen MR) is 58.4 cm³/mol.